The molecular weight excluding hydrogens is 320 g/mol. The summed E-state index contributed by atoms with van der Waals surface area (Å²) in [6, 6.07) is 7.92. The molecule has 7 heteroatoms. The van der Waals surface area contributed by atoms with Crippen molar-refractivity contribution in [1.29, 1.82) is 0 Å². The van der Waals surface area contributed by atoms with Gasteiger partial charge in [-0.25, -0.2) is 0 Å². The van der Waals surface area contributed by atoms with Crippen molar-refractivity contribution in [1.82, 2.24) is 15.8 Å². The van der Waals surface area contributed by atoms with Crippen molar-refractivity contribution in [3.63, 3.8) is 0 Å². The lowest BCUT2D eigenvalue weighted by Crippen LogP contribution is -2.53. The molecule has 7 nitrogen and oxygen atoms in total. The molecule has 0 aliphatic carbocycles. The van der Waals surface area contributed by atoms with E-state index in [2.05, 4.69) is 24.7 Å². The Bertz CT molecular complexity index is 641. The van der Waals surface area contributed by atoms with Gasteiger partial charge in [-0.1, -0.05) is 6.07 Å². The zero-order valence-electron chi connectivity index (χ0n) is 15.0. The Labute approximate surface area is 148 Å². The van der Waals surface area contributed by atoms with E-state index < -0.39 is 0 Å². The minimum atomic E-state index is -0.0587. The molecule has 0 radical (unpaired) electrons. The first kappa shape index (κ1) is 17.7. The van der Waals surface area contributed by atoms with Crippen molar-refractivity contribution in [3.8, 4) is 5.75 Å². The zero-order valence-corrected chi connectivity index (χ0v) is 15.0. The standard InChI is InChI=1S/C18H26N4O3/c1-12-16(13(2)20-19-12)10-17(23)21-7-8-22(18(24)11-21)14-5-4-6-15(9-14)25-3/h4-6,9,12-13,16,19-20H,7-8,10-11H2,1-3H3. The van der Waals surface area contributed by atoms with Gasteiger partial charge in [0.05, 0.1) is 7.11 Å². The number of anilines is 1. The second kappa shape index (κ2) is 7.41. The first-order valence-electron chi connectivity index (χ1n) is 8.73. The van der Waals surface area contributed by atoms with E-state index in [1.165, 1.54) is 0 Å². The van der Waals surface area contributed by atoms with E-state index in [-0.39, 0.29) is 36.4 Å². The number of benzene rings is 1. The number of ether oxygens (including phenoxy) is 1. The lowest BCUT2D eigenvalue weighted by Gasteiger charge is -2.35. The van der Waals surface area contributed by atoms with Gasteiger partial charge in [-0.05, 0) is 26.0 Å². The number of hydrazine groups is 1. The smallest absolute Gasteiger partial charge is 0.246 e. The predicted octanol–water partition coefficient (Wildman–Crippen LogP) is 0.762. The number of hydrogen-bond acceptors (Lipinski definition) is 5. The lowest BCUT2D eigenvalue weighted by atomic mass is 9.92. The Balaban J connectivity index is 1.61. The fraction of sp³-hybridized carbons (Fsp3) is 0.556. The number of amides is 2. The molecule has 0 aromatic heterocycles. The third kappa shape index (κ3) is 3.77. The van der Waals surface area contributed by atoms with Crippen molar-refractivity contribution in [2.24, 2.45) is 5.92 Å². The van der Waals surface area contributed by atoms with Crippen LogP contribution >= 0.6 is 0 Å². The van der Waals surface area contributed by atoms with E-state index in [4.69, 9.17) is 4.74 Å². The van der Waals surface area contributed by atoms with Crippen molar-refractivity contribution in [2.45, 2.75) is 32.4 Å². The largest absolute Gasteiger partial charge is 0.497 e. The topological polar surface area (TPSA) is 73.9 Å². The minimum Gasteiger partial charge on any atom is -0.497 e. The molecule has 2 heterocycles. The third-order valence-corrected chi connectivity index (χ3v) is 5.17. The summed E-state index contributed by atoms with van der Waals surface area (Å²) in [4.78, 5) is 28.6. The van der Waals surface area contributed by atoms with E-state index in [0.717, 1.165) is 5.69 Å². The first-order chi connectivity index (χ1) is 12.0. The van der Waals surface area contributed by atoms with Crippen LogP contribution in [0.2, 0.25) is 0 Å². The predicted molar refractivity (Wildman–Crippen MR) is 95.2 cm³/mol. The molecule has 2 N–H and O–H groups in total. The van der Waals surface area contributed by atoms with Crippen LogP contribution in [0.5, 0.6) is 5.75 Å². The van der Waals surface area contributed by atoms with Gasteiger partial charge < -0.3 is 14.5 Å². The molecule has 3 rings (SSSR count). The van der Waals surface area contributed by atoms with E-state index in [9.17, 15) is 9.59 Å². The number of hydrogen-bond donors (Lipinski definition) is 2. The second-order valence-corrected chi connectivity index (χ2v) is 6.80. The van der Waals surface area contributed by atoms with Gasteiger partial charge in [0.2, 0.25) is 11.8 Å². The highest BCUT2D eigenvalue weighted by molar-refractivity contribution is 5.98. The quantitative estimate of drug-likeness (QED) is 0.842. The Morgan fingerprint density at radius 1 is 1.24 bits per heavy atom. The molecular formula is C18H26N4O3. The summed E-state index contributed by atoms with van der Waals surface area (Å²) in [5.41, 5.74) is 7.14. The number of rotatable bonds is 4. The maximum Gasteiger partial charge on any atom is 0.246 e. The van der Waals surface area contributed by atoms with Gasteiger partial charge in [0.1, 0.15) is 12.3 Å². The van der Waals surface area contributed by atoms with Gasteiger partial charge in [-0.3, -0.25) is 20.4 Å². The summed E-state index contributed by atoms with van der Waals surface area (Å²) in [7, 11) is 1.60. The molecule has 2 unspecified atom stereocenters. The van der Waals surface area contributed by atoms with Crippen molar-refractivity contribution < 1.29 is 14.3 Å². The summed E-state index contributed by atoms with van der Waals surface area (Å²) in [6.45, 7) is 5.33. The maximum absolute atomic E-state index is 12.6. The van der Waals surface area contributed by atoms with E-state index in [1.54, 1.807) is 16.9 Å². The summed E-state index contributed by atoms with van der Waals surface area (Å²) in [5, 5.41) is 0. The molecule has 2 amide bonds. The fourth-order valence-corrected chi connectivity index (χ4v) is 3.53. The summed E-state index contributed by atoms with van der Waals surface area (Å²) < 4.78 is 5.22. The third-order valence-electron chi connectivity index (χ3n) is 5.17. The first-order valence-corrected chi connectivity index (χ1v) is 8.73. The second-order valence-electron chi connectivity index (χ2n) is 6.80. The Hall–Kier alpha value is -2.12. The average molecular weight is 346 g/mol. The van der Waals surface area contributed by atoms with Crippen molar-refractivity contribution in [3.05, 3.63) is 24.3 Å². The van der Waals surface area contributed by atoms with Crippen LogP contribution in [0.15, 0.2) is 24.3 Å². The van der Waals surface area contributed by atoms with Gasteiger partial charge >= 0.3 is 0 Å². The normalized spacial score (nSPS) is 26.8. The summed E-state index contributed by atoms with van der Waals surface area (Å²) in [6.07, 6.45) is 0.453. The molecule has 2 atom stereocenters. The number of carbonyl (C=O) groups excluding carboxylic acids is 2. The molecule has 2 aliphatic heterocycles. The number of methoxy groups -OCH3 is 1. The number of piperazine rings is 1. The van der Waals surface area contributed by atoms with Crippen LogP contribution < -0.4 is 20.5 Å². The SMILES string of the molecule is COc1cccc(N2CCN(C(=O)CC3C(C)NNC3C)CC2=O)c1. The molecule has 0 saturated carbocycles. The van der Waals surface area contributed by atoms with Crippen LogP contribution in [-0.2, 0) is 9.59 Å². The molecule has 0 spiro atoms. The van der Waals surface area contributed by atoms with Gasteiger partial charge in [0, 0.05) is 49.3 Å². The van der Waals surface area contributed by atoms with E-state index in [1.807, 2.05) is 24.3 Å². The molecule has 2 saturated heterocycles. The highest BCUT2D eigenvalue weighted by atomic mass is 16.5. The molecule has 136 valence electrons. The van der Waals surface area contributed by atoms with Gasteiger partial charge in [-0.15, -0.1) is 0 Å². The van der Waals surface area contributed by atoms with Crippen LogP contribution in [0.25, 0.3) is 0 Å². The van der Waals surface area contributed by atoms with Crippen LogP contribution in [0.3, 0.4) is 0 Å². The summed E-state index contributed by atoms with van der Waals surface area (Å²) >= 11 is 0. The molecule has 2 fully saturated rings. The van der Waals surface area contributed by atoms with Gasteiger partial charge in [0.15, 0.2) is 0 Å². The van der Waals surface area contributed by atoms with Crippen LogP contribution in [0.4, 0.5) is 5.69 Å². The minimum absolute atomic E-state index is 0.0489. The van der Waals surface area contributed by atoms with E-state index >= 15 is 0 Å². The number of nitrogens with one attached hydrogen (secondary N) is 2. The van der Waals surface area contributed by atoms with Crippen LogP contribution in [0.1, 0.15) is 20.3 Å². The van der Waals surface area contributed by atoms with Crippen molar-refractivity contribution in [2.75, 3.05) is 31.6 Å². The molecule has 25 heavy (non-hydrogen) atoms. The highest BCUT2D eigenvalue weighted by Crippen LogP contribution is 2.24. The van der Waals surface area contributed by atoms with Gasteiger partial charge in [-0.2, -0.15) is 0 Å². The van der Waals surface area contributed by atoms with Crippen LogP contribution in [0, 0.1) is 5.92 Å². The van der Waals surface area contributed by atoms with Crippen LogP contribution in [-0.4, -0.2) is 55.5 Å². The molecule has 0 bridgehead atoms. The summed E-state index contributed by atoms with van der Waals surface area (Å²) in [5.74, 6) is 0.941. The van der Waals surface area contributed by atoms with E-state index in [0.29, 0.717) is 25.3 Å². The number of carbonyl (C=O) groups is 2. The maximum atomic E-state index is 12.6. The monoisotopic (exact) mass is 346 g/mol. The number of nitrogens with zero attached hydrogens (tertiary/aromatic N) is 2. The zero-order chi connectivity index (χ0) is 18.0. The molecule has 1 aromatic rings. The van der Waals surface area contributed by atoms with Crippen molar-refractivity contribution >= 4 is 17.5 Å². The highest BCUT2D eigenvalue weighted by Gasteiger charge is 2.35. The Morgan fingerprint density at radius 3 is 2.60 bits per heavy atom. The van der Waals surface area contributed by atoms with Gasteiger partial charge in [0.25, 0.3) is 0 Å². The lowest BCUT2D eigenvalue weighted by molar-refractivity contribution is -0.137. The average Bonchev–Trinajstić information content (AvgIpc) is 2.93. The Morgan fingerprint density at radius 2 is 1.96 bits per heavy atom. The fourth-order valence-electron chi connectivity index (χ4n) is 3.53. The molecule has 1 aromatic carbocycles. The Kier molecular flexibility index (Phi) is 5.24. The molecule has 2 aliphatic rings.